The molecule has 5 heteroatoms. The first-order valence-electron chi connectivity index (χ1n) is 6.96. The van der Waals surface area contributed by atoms with E-state index in [-0.39, 0.29) is 5.60 Å². The van der Waals surface area contributed by atoms with E-state index in [1.807, 2.05) is 31.7 Å². The number of thioether (sulfide) groups is 1. The van der Waals surface area contributed by atoms with Crippen molar-refractivity contribution in [2.75, 3.05) is 23.4 Å². The molecule has 19 heavy (non-hydrogen) atoms. The van der Waals surface area contributed by atoms with E-state index in [0.29, 0.717) is 6.04 Å². The Hall–Kier alpha value is -0.810. The molecule has 104 valence electrons. The average molecular weight is 279 g/mol. The molecule has 2 saturated heterocycles. The minimum atomic E-state index is 0.111. The second-order valence-corrected chi connectivity index (χ2v) is 6.75. The molecular formula is C14H21N3OS. The highest BCUT2D eigenvalue weighted by Crippen LogP contribution is 2.38. The Kier molecular flexibility index (Phi) is 3.67. The van der Waals surface area contributed by atoms with Crippen LogP contribution in [0.4, 0.5) is 5.95 Å². The molecule has 1 aromatic heterocycles. The standard InChI is InChI=1S/C14H21N3OS/c1-10-7-11(2)16-13(15-10)17-12-3-5-18-14(8-12)4-6-19-9-14/h7,12H,3-6,8-9H2,1-2H3,(H,15,16,17)/t12-,14+/m0/s1. The fraction of sp³-hybridized carbons (Fsp3) is 0.714. The summed E-state index contributed by atoms with van der Waals surface area (Å²) >= 11 is 2.01. The van der Waals surface area contributed by atoms with Gasteiger partial charge in [0.05, 0.1) is 5.60 Å². The number of hydrogen-bond acceptors (Lipinski definition) is 5. The van der Waals surface area contributed by atoms with Gasteiger partial charge in [-0.2, -0.15) is 11.8 Å². The second kappa shape index (κ2) is 5.29. The van der Waals surface area contributed by atoms with Crippen LogP contribution >= 0.6 is 11.8 Å². The third kappa shape index (κ3) is 3.03. The summed E-state index contributed by atoms with van der Waals surface area (Å²) in [6, 6.07) is 2.44. The van der Waals surface area contributed by atoms with Crippen LogP contribution in [0.2, 0.25) is 0 Å². The van der Waals surface area contributed by atoms with Gasteiger partial charge in [0.15, 0.2) is 0 Å². The molecule has 1 N–H and O–H groups in total. The molecule has 0 radical (unpaired) electrons. The smallest absolute Gasteiger partial charge is 0.223 e. The van der Waals surface area contributed by atoms with Crippen molar-refractivity contribution in [3.63, 3.8) is 0 Å². The highest BCUT2D eigenvalue weighted by molar-refractivity contribution is 7.99. The summed E-state index contributed by atoms with van der Waals surface area (Å²) in [6.45, 7) is 4.88. The van der Waals surface area contributed by atoms with Crippen LogP contribution in [-0.4, -0.2) is 39.7 Å². The number of rotatable bonds is 2. The number of nitrogens with one attached hydrogen (secondary N) is 1. The van der Waals surface area contributed by atoms with Crippen molar-refractivity contribution in [3.05, 3.63) is 17.5 Å². The van der Waals surface area contributed by atoms with Crippen molar-refractivity contribution in [3.8, 4) is 0 Å². The second-order valence-electron chi connectivity index (χ2n) is 5.64. The third-order valence-electron chi connectivity index (χ3n) is 3.88. The molecule has 3 heterocycles. The van der Waals surface area contributed by atoms with Crippen LogP contribution in [0.25, 0.3) is 0 Å². The molecule has 0 bridgehead atoms. The zero-order chi connectivity index (χ0) is 13.3. The van der Waals surface area contributed by atoms with Crippen LogP contribution < -0.4 is 5.32 Å². The highest BCUT2D eigenvalue weighted by atomic mass is 32.2. The van der Waals surface area contributed by atoms with Gasteiger partial charge in [0.2, 0.25) is 5.95 Å². The third-order valence-corrected chi connectivity index (χ3v) is 5.10. The zero-order valence-electron chi connectivity index (χ0n) is 11.6. The molecule has 2 aliphatic heterocycles. The van der Waals surface area contributed by atoms with Gasteiger partial charge in [-0.05, 0) is 44.9 Å². The van der Waals surface area contributed by atoms with Crippen molar-refractivity contribution in [1.82, 2.24) is 9.97 Å². The predicted molar refractivity (Wildman–Crippen MR) is 78.8 cm³/mol. The molecule has 0 aliphatic carbocycles. The monoisotopic (exact) mass is 279 g/mol. The first kappa shape index (κ1) is 13.2. The number of nitrogens with zero attached hydrogens (tertiary/aromatic N) is 2. The van der Waals surface area contributed by atoms with Crippen LogP contribution in [0.15, 0.2) is 6.07 Å². The van der Waals surface area contributed by atoms with Gasteiger partial charge >= 0.3 is 0 Å². The van der Waals surface area contributed by atoms with Crippen LogP contribution in [0, 0.1) is 13.8 Å². The molecule has 2 fully saturated rings. The highest BCUT2D eigenvalue weighted by Gasteiger charge is 2.40. The van der Waals surface area contributed by atoms with Crippen molar-refractivity contribution < 1.29 is 4.74 Å². The largest absolute Gasteiger partial charge is 0.374 e. The summed E-state index contributed by atoms with van der Waals surface area (Å²) in [5.41, 5.74) is 2.15. The van der Waals surface area contributed by atoms with E-state index in [1.165, 1.54) is 12.2 Å². The predicted octanol–water partition coefficient (Wildman–Crippen LogP) is 2.56. The van der Waals surface area contributed by atoms with Crippen molar-refractivity contribution >= 4 is 17.7 Å². The molecule has 3 rings (SSSR count). The van der Waals surface area contributed by atoms with E-state index in [1.54, 1.807) is 0 Å². The Morgan fingerprint density at radius 3 is 2.84 bits per heavy atom. The molecule has 4 nitrogen and oxygen atoms in total. The van der Waals surface area contributed by atoms with Gasteiger partial charge in [0.1, 0.15) is 0 Å². The summed E-state index contributed by atoms with van der Waals surface area (Å²) in [5.74, 6) is 3.14. The van der Waals surface area contributed by atoms with Gasteiger partial charge in [0, 0.05) is 29.8 Å². The number of aromatic nitrogens is 2. The SMILES string of the molecule is Cc1cc(C)nc(N[C@H]2CCO[C@]3(CCSC3)C2)n1. The summed E-state index contributed by atoms with van der Waals surface area (Å²) in [4.78, 5) is 8.95. The van der Waals surface area contributed by atoms with Gasteiger partial charge in [-0.15, -0.1) is 0 Å². The molecule has 2 atom stereocenters. The summed E-state index contributed by atoms with van der Waals surface area (Å²) in [5, 5.41) is 3.50. The zero-order valence-corrected chi connectivity index (χ0v) is 12.4. The number of ether oxygens (including phenoxy) is 1. The molecule has 0 saturated carbocycles. The van der Waals surface area contributed by atoms with Gasteiger partial charge in [-0.25, -0.2) is 9.97 Å². The fourth-order valence-corrected chi connectivity index (χ4v) is 4.37. The molecular weight excluding hydrogens is 258 g/mol. The maximum absolute atomic E-state index is 6.04. The Balaban J connectivity index is 1.69. The lowest BCUT2D eigenvalue weighted by molar-refractivity contribution is -0.0628. The molecule has 1 aromatic rings. The van der Waals surface area contributed by atoms with Gasteiger partial charge in [-0.3, -0.25) is 0 Å². The first-order chi connectivity index (χ1) is 9.15. The normalized spacial score (nSPS) is 30.7. The van der Waals surface area contributed by atoms with Crippen LogP contribution in [0.1, 0.15) is 30.7 Å². The topological polar surface area (TPSA) is 47.0 Å². The van der Waals surface area contributed by atoms with E-state index in [4.69, 9.17) is 4.74 Å². The summed E-state index contributed by atoms with van der Waals surface area (Å²) < 4.78 is 6.04. The van der Waals surface area contributed by atoms with Crippen molar-refractivity contribution in [2.45, 2.75) is 44.8 Å². The Morgan fingerprint density at radius 2 is 2.16 bits per heavy atom. The van der Waals surface area contributed by atoms with Crippen LogP contribution in [-0.2, 0) is 4.74 Å². The Labute approximate surface area is 118 Å². The molecule has 0 unspecified atom stereocenters. The van der Waals surface area contributed by atoms with E-state index >= 15 is 0 Å². The van der Waals surface area contributed by atoms with Gasteiger partial charge in [0.25, 0.3) is 0 Å². The number of aryl methyl sites for hydroxylation is 2. The first-order valence-corrected chi connectivity index (χ1v) is 8.11. The number of hydrogen-bond donors (Lipinski definition) is 1. The Morgan fingerprint density at radius 1 is 1.37 bits per heavy atom. The van der Waals surface area contributed by atoms with Crippen molar-refractivity contribution in [1.29, 1.82) is 0 Å². The molecule has 1 spiro atoms. The van der Waals surface area contributed by atoms with Gasteiger partial charge in [-0.1, -0.05) is 0 Å². The molecule has 0 amide bonds. The lowest BCUT2D eigenvalue weighted by Gasteiger charge is -2.38. The maximum atomic E-state index is 6.04. The quantitative estimate of drug-likeness (QED) is 0.901. The number of anilines is 1. The Bertz CT molecular complexity index is 440. The molecule has 0 aromatic carbocycles. The average Bonchev–Trinajstić information content (AvgIpc) is 2.76. The van der Waals surface area contributed by atoms with E-state index < -0.39 is 0 Å². The lowest BCUT2D eigenvalue weighted by Crippen LogP contribution is -2.44. The molecule has 2 aliphatic rings. The van der Waals surface area contributed by atoms with E-state index in [2.05, 4.69) is 15.3 Å². The van der Waals surface area contributed by atoms with Crippen LogP contribution in [0.5, 0.6) is 0 Å². The lowest BCUT2D eigenvalue weighted by atomic mass is 9.90. The fourth-order valence-electron chi connectivity index (χ4n) is 2.99. The maximum Gasteiger partial charge on any atom is 0.223 e. The van der Waals surface area contributed by atoms with Crippen molar-refractivity contribution in [2.24, 2.45) is 0 Å². The van der Waals surface area contributed by atoms with E-state index in [9.17, 15) is 0 Å². The summed E-state index contributed by atoms with van der Waals surface area (Å²) in [6.07, 6.45) is 3.31. The van der Waals surface area contributed by atoms with Gasteiger partial charge < -0.3 is 10.1 Å². The summed E-state index contributed by atoms with van der Waals surface area (Å²) in [7, 11) is 0. The van der Waals surface area contributed by atoms with Crippen LogP contribution in [0.3, 0.4) is 0 Å². The van der Waals surface area contributed by atoms with E-state index in [0.717, 1.165) is 42.5 Å². The minimum Gasteiger partial charge on any atom is -0.374 e. The minimum absolute atomic E-state index is 0.111.